The highest BCUT2D eigenvalue weighted by Crippen LogP contribution is 2.22. The van der Waals surface area contributed by atoms with Crippen LogP contribution in [0.15, 0.2) is 42.0 Å². The van der Waals surface area contributed by atoms with Crippen LogP contribution in [-0.4, -0.2) is 43.0 Å². The van der Waals surface area contributed by atoms with Crippen LogP contribution in [0.25, 0.3) is 0 Å². The molecule has 0 aliphatic carbocycles. The van der Waals surface area contributed by atoms with Crippen LogP contribution in [0, 0.1) is 0 Å². The van der Waals surface area contributed by atoms with Crippen molar-refractivity contribution >= 4 is 17.2 Å². The molecular formula is C17H20N6OS. The van der Waals surface area contributed by atoms with Gasteiger partial charge in [0.1, 0.15) is 6.33 Å². The van der Waals surface area contributed by atoms with Crippen molar-refractivity contribution in [3.05, 3.63) is 58.3 Å². The average Bonchev–Trinajstić information content (AvgIpc) is 3.28. The second-order valence-corrected chi connectivity index (χ2v) is 7.02. The minimum atomic E-state index is -0.593. The van der Waals surface area contributed by atoms with Gasteiger partial charge in [0, 0.05) is 18.3 Å². The van der Waals surface area contributed by atoms with E-state index in [1.165, 1.54) is 11.0 Å². The average molecular weight is 356 g/mol. The highest BCUT2D eigenvalue weighted by atomic mass is 32.1. The maximum atomic E-state index is 13.1. The second-order valence-electron chi connectivity index (χ2n) is 6.13. The predicted molar refractivity (Wildman–Crippen MR) is 95.1 cm³/mol. The number of benzene rings is 1. The Morgan fingerprint density at radius 1 is 1.28 bits per heavy atom. The van der Waals surface area contributed by atoms with E-state index in [1.54, 1.807) is 23.3 Å². The van der Waals surface area contributed by atoms with Crippen molar-refractivity contribution in [3.63, 3.8) is 0 Å². The van der Waals surface area contributed by atoms with E-state index >= 15 is 0 Å². The number of hydrogen-bond donors (Lipinski definition) is 0. The number of thiazole rings is 1. The van der Waals surface area contributed by atoms with Crippen LogP contribution in [0.1, 0.15) is 42.1 Å². The lowest BCUT2D eigenvalue weighted by Gasteiger charge is -2.23. The van der Waals surface area contributed by atoms with Gasteiger partial charge >= 0.3 is 0 Å². The largest absolute Gasteiger partial charge is 0.338 e. The Morgan fingerprint density at radius 2 is 2.04 bits per heavy atom. The lowest BCUT2D eigenvalue weighted by atomic mass is 10.1. The van der Waals surface area contributed by atoms with Crippen molar-refractivity contribution < 1.29 is 4.79 Å². The number of amides is 1. The molecule has 0 aliphatic heterocycles. The van der Waals surface area contributed by atoms with E-state index in [4.69, 9.17) is 0 Å². The molecule has 8 heteroatoms. The molecular weight excluding hydrogens is 336 g/mol. The molecule has 7 nitrogen and oxygen atoms in total. The summed E-state index contributed by atoms with van der Waals surface area (Å²) in [5.41, 5.74) is 1.74. The van der Waals surface area contributed by atoms with E-state index in [1.807, 2.05) is 35.7 Å². The molecule has 1 amide bonds. The summed E-state index contributed by atoms with van der Waals surface area (Å²) < 4.78 is 1.48. The topological polar surface area (TPSA) is 76.8 Å². The van der Waals surface area contributed by atoms with Gasteiger partial charge in [0.25, 0.3) is 5.91 Å². The molecule has 0 N–H and O–H groups in total. The molecule has 0 bridgehead atoms. The summed E-state index contributed by atoms with van der Waals surface area (Å²) in [6, 6.07) is 8.92. The standard InChI is InChI=1S/C17H20N6OS/c1-12(2)16-19-14(10-25-16)9-22(3)17(24)15(23-11-18-20-21-23)13-7-5-4-6-8-13/h4-8,10-12,15H,9H2,1-3H3/t15-/m1/s1. The lowest BCUT2D eigenvalue weighted by Crippen LogP contribution is -2.35. The molecule has 1 atom stereocenters. The molecule has 1 aromatic carbocycles. The van der Waals surface area contributed by atoms with E-state index in [0.717, 1.165) is 16.3 Å². The molecule has 0 radical (unpaired) electrons. The Hall–Kier alpha value is -2.61. The number of hydrogen-bond acceptors (Lipinski definition) is 6. The van der Waals surface area contributed by atoms with Crippen molar-refractivity contribution in [3.8, 4) is 0 Å². The minimum Gasteiger partial charge on any atom is -0.338 e. The van der Waals surface area contributed by atoms with E-state index in [2.05, 4.69) is 34.4 Å². The number of rotatable bonds is 6. The zero-order valence-corrected chi connectivity index (χ0v) is 15.2. The number of carbonyl (C=O) groups is 1. The van der Waals surface area contributed by atoms with Gasteiger partial charge in [-0.1, -0.05) is 44.2 Å². The Bertz CT molecular complexity index is 815. The van der Waals surface area contributed by atoms with Crippen LogP contribution in [0.4, 0.5) is 0 Å². The zero-order valence-electron chi connectivity index (χ0n) is 14.4. The minimum absolute atomic E-state index is 0.0856. The molecule has 0 unspecified atom stereocenters. The molecule has 0 fully saturated rings. The van der Waals surface area contributed by atoms with Crippen LogP contribution in [-0.2, 0) is 11.3 Å². The fourth-order valence-electron chi connectivity index (χ4n) is 2.52. The number of nitrogens with zero attached hydrogens (tertiary/aromatic N) is 6. The van der Waals surface area contributed by atoms with Gasteiger partial charge in [-0.3, -0.25) is 4.79 Å². The summed E-state index contributed by atoms with van der Waals surface area (Å²) in [5.74, 6) is 0.302. The first-order valence-electron chi connectivity index (χ1n) is 8.03. The molecule has 2 heterocycles. The van der Waals surface area contributed by atoms with Crippen molar-refractivity contribution in [2.75, 3.05) is 7.05 Å². The van der Waals surface area contributed by atoms with Gasteiger partial charge in [-0.2, -0.15) is 0 Å². The first-order valence-corrected chi connectivity index (χ1v) is 8.91. The van der Waals surface area contributed by atoms with Crippen LogP contribution < -0.4 is 0 Å². The third kappa shape index (κ3) is 3.90. The summed E-state index contributed by atoms with van der Waals surface area (Å²) in [7, 11) is 1.77. The van der Waals surface area contributed by atoms with Gasteiger partial charge in [-0.05, 0) is 16.0 Å². The molecule has 0 spiro atoms. The van der Waals surface area contributed by atoms with E-state index < -0.39 is 6.04 Å². The maximum Gasteiger partial charge on any atom is 0.252 e. The van der Waals surface area contributed by atoms with Gasteiger partial charge in [-0.15, -0.1) is 16.4 Å². The second kappa shape index (κ2) is 7.52. The number of likely N-dealkylation sites (N-methyl/N-ethyl adjacent to an activating group) is 1. The third-order valence-electron chi connectivity index (χ3n) is 3.82. The fraction of sp³-hybridized carbons (Fsp3) is 0.353. The highest BCUT2D eigenvalue weighted by Gasteiger charge is 2.27. The fourth-order valence-corrected chi connectivity index (χ4v) is 3.35. The summed E-state index contributed by atoms with van der Waals surface area (Å²) in [4.78, 5) is 19.3. The predicted octanol–water partition coefficient (Wildman–Crippen LogP) is 2.50. The Morgan fingerprint density at radius 3 is 2.64 bits per heavy atom. The molecule has 0 saturated heterocycles. The molecule has 0 aliphatic rings. The molecule has 0 saturated carbocycles. The molecule has 2 aromatic heterocycles. The van der Waals surface area contributed by atoms with E-state index in [9.17, 15) is 4.79 Å². The SMILES string of the molecule is CC(C)c1nc(CN(C)C(=O)[C@@H](c2ccccc2)n2cnnn2)cs1. The Labute approximate surface area is 150 Å². The molecule has 25 heavy (non-hydrogen) atoms. The highest BCUT2D eigenvalue weighted by molar-refractivity contribution is 7.09. The van der Waals surface area contributed by atoms with Crippen molar-refractivity contribution in [2.24, 2.45) is 0 Å². The normalized spacial score (nSPS) is 12.3. The summed E-state index contributed by atoms with van der Waals surface area (Å²) in [5, 5.41) is 14.3. The van der Waals surface area contributed by atoms with Gasteiger partial charge in [0.2, 0.25) is 0 Å². The first kappa shape index (κ1) is 17.2. The smallest absolute Gasteiger partial charge is 0.252 e. The van der Waals surface area contributed by atoms with Crippen molar-refractivity contribution in [2.45, 2.75) is 32.4 Å². The Kier molecular flexibility index (Phi) is 5.18. The van der Waals surface area contributed by atoms with Crippen molar-refractivity contribution in [1.29, 1.82) is 0 Å². The van der Waals surface area contributed by atoms with Crippen LogP contribution in [0.3, 0.4) is 0 Å². The number of tetrazole rings is 1. The first-order chi connectivity index (χ1) is 12.1. The maximum absolute atomic E-state index is 13.1. The van der Waals surface area contributed by atoms with Crippen LogP contribution >= 0.6 is 11.3 Å². The summed E-state index contributed by atoms with van der Waals surface area (Å²) >= 11 is 1.63. The molecule has 130 valence electrons. The monoisotopic (exact) mass is 356 g/mol. The van der Waals surface area contributed by atoms with Crippen LogP contribution in [0.5, 0.6) is 0 Å². The number of aromatic nitrogens is 5. The summed E-state index contributed by atoms with van der Waals surface area (Å²) in [6.45, 7) is 4.68. The quantitative estimate of drug-likeness (QED) is 0.678. The molecule has 3 rings (SSSR count). The summed E-state index contributed by atoms with van der Waals surface area (Å²) in [6.07, 6.45) is 1.46. The lowest BCUT2D eigenvalue weighted by molar-refractivity contribution is -0.133. The zero-order chi connectivity index (χ0) is 17.8. The van der Waals surface area contributed by atoms with Gasteiger partial charge in [0.15, 0.2) is 6.04 Å². The van der Waals surface area contributed by atoms with Gasteiger partial charge in [0.05, 0.1) is 17.2 Å². The van der Waals surface area contributed by atoms with Gasteiger partial charge in [-0.25, -0.2) is 9.67 Å². The number of carbonyl (C=O) groups excluding carboxylic acids is 1. The van der Waals surface area contributed by atoms with Crippen LogP contribution in [0.2, 0.25) is 0 Å². The third-order valence-corrected chi connectivity index (χ3v) is 5.01. The van der Waals surface area contributed by atoms with E-state index in [0.29, 0.717) is 12.5 Å². The van der Waals surface area contributed by atoms with E-state index in [-0.39, 0.29) is 5.91 Å². The molecule has 3 aromatic rings. The van der Waals surface area contributed by atoms with Gasteiger partial charge < -0.3 is 4.90 Å². The Balaban J connectivity index is 1.82. The van der Waals surface area contributed by atoms with Crippen molar-refractivity contribution in [1.82, 2.24) is 30.1 Å².